The molecule has 7 nitrogen and oxygen atoms in total. The predicted molar refractivity (Wildman–Crippen MR) is 100 cm³/mol. The number of benzene rings is 2. The van der Waals surface area contributed by atoms with E-state index in [1.807, 2.05) is 19.0 Å². The Morgan fingerprint density at radius 2 is 1.96 bits per heavy atom. The number of rotatable bonds is 6. The highest BCUT2D eigenvalue weighted by Crippen LogP contribution is 2.25. The molecule has 1 aromatic heterocycles. The lowest BCUT2D eigenvalue weighted by molar-refractivity contribution is -0.383. The number of carbonyl (C=O) groups is 1. The van der Waals surface area contributed by atoms with Gasteiger partial charge in [0.15, 0.2) is 0 Å². The maximum atomic E-state index is 13.1. The molecule has 1 amide bonds. The van der Waals surface area contributed by atoms with E-state index >= 15 is 0 Å². The highest BCUT2D eigenvalue weighted by atomic mass is 19.1. The quantitative estimate of drug-likeness (QED) is 0.515. The summed E-state index contributed by atoms with van der Waals surface area (Å²) in [7, 11) is 3.74. The van der Waals surface area contributed by atoms with Gasteiger partial charge in [-0.05, 0) is 37.9 Å². The number of aromatic amines is 1. The number of aromatic nitrogens is 1. The van der Waals surface area contributed by atoms with E-state index in [0.29, 0.717) is 17.4 Å². The Morgan fingerprint density at radius 3 is 2.59 bits per heavy atom. The fourth-order valence-electron chi connectivity index (χ4n) is 2.98. The third kappa shape index (κ3) is 3.95. The fourth-order valence-corrected chi connectivity index (χ4v) is 2.98. The number of nitro groups is 1. The van der Waals surface area contributed by atoms with E-state index in [4.69, 9.17) is 0 Å². The number of hydrogen-bond donors (Lipinski definition) is 2. The molecule has 3 aromatic rings. The smallest absolute Gasteiger partial charge is 0.293 e. The van der Waals surface area contributed by atoms with Gasteiger partial charge in [-0.1, -0.05) is 24.3 Å². The number of halogens is 1. The topological polar surface area (TPSA) is 91.3 Å². The van der Waals surface area contributed by atoms with Crippen LogP contribution in [-0.2, 0) is 0 Å². The number of likely N-dealkylation sites (N-methyl/N-ethyl adjacent to an activating group) is 1. The number of carbonyl (C=O) groups excluding carboxylic acids is 1. The van der Waals surface area contributed by atoms with Gasteiger partial charge in [0.05, 0.1) is 11.0 Å². The number of fused-ring (bicyclic) bond motifs is 1. The molecule has 8 heteroatoms. The van der Waals surface area contributed by atoms with Gasteiger partial charge in [0, 0.05) is 18.0 Å². The molecule has 1 heterocycles. The molecule has 0 radical (unpaired) electrons. The first kappa shape index (κ1) is 18.5. The van der Waals surface area contributed by atoms with Crippen molar-refractivity contribution >= 4 is 22.5 Å². The van der Waals surface area contributed by atoms with Crippen LogP contribution in [0.1, 0.15) is 22.1 Å². The Morgan fingerprint density at radius 1 is 1.26 bits per heavy atom. The van der Waals surface area contributed by atoms with Crippen LogP contribution in [0.2, 0.25) is 0 Å². The van der Waals surface area contributed by atoms with Gasteiger partial charge in [-0.3, -0.25) is 14.9 Å². The summed E-state index contributed by atoms with van der Waals surface area (Å²) in [5.41, 5.74) is 1.35. The normalized spacial score (nSPS) is 12.3. The Bertz CT molecular complexity index is 982. The summed E-state index contributed by atoms with van der Waals surface area (Å²) in [4.78, 5) is 27.9. The minimum absolute atomic E-state index is 0.0796. The molecule has 3 rings (SSSR count). The molecule has 1 atom stereocenters. The number of amides is 1. The second kappa shape index (κ2) is 7.55. The minimum atomic E-state index is -0.489. The summed E-state index contributed by atoms with van der Waals surface area (Å²) in [6.45, 7) is 0.301. The average Bonchev–Trinajstić information content (AvgIpc) is 3.07. The number of hydrogen-bond acceptors (Lipinski definition) is 4. The monoisotopic (exact) mass is 370 g/mol. The molecule has 0 aliphatic rings. The number of nitro benzene ring substituents is 1. The van der Waals surface area contributed by atoms with E-state index in [1.165, 1.54) is 18.2 Å². The van der Waals surface area contributed by atoms with Crippen LogP contribution in [0, 0.1) is 15.9 Å². The zero-order chi connectivity index (χ0) is 19.6. The summed E-state index contributed by atoms with van der Waals surface area (Å²) in [6, 6.07) is 12.2. The molecule has 1 unspecified atom stereocenters. The second-order valence-electron chi connectivity index (χ2n) is 6.42. The van der Waals surface area contributed by atoms with Crippen LogP contribution >= 0.6 is 0 Å². The van der Waals surface area contributed by atoms with E-state index < -0.39 is 4.92 Å². The van der Waals surface area contributed by atoms with Gasteiger partial charge in [-0.15, -0.1) is 0 Å². The Hall–Kier alpha value is -3.26. The van der Waals surface area contributed by atoms with Crippen LogP contribution in [-0.4, -0.2) is 41.4 Å². The van der Waals surface area contributed by atoms with Gasteiger partial charge in [-0.2, -0.15) is 0 Å². The molecule has 2 N–H and O–H groups in total. The third-order valence-corrected chi connectivity index (χ3v) is 4.41. The van der Waals surface area contributed by atoms with Crippen LogP contribution in [0.5, 0.6) is 0 Å². The molecule has 0 fully saturated rings. The molecule has 2 aromatic carbocycles. The summed E-state index contributed by atoms with van der Waals surface area (Å²) >= 11 is 0. The van der Waals surface area contributed by atoms with Gasteiger partial charge in [-0.25, -0.2) is 4.39 Å². The van der Waals surface area contributed by atoms with Crippen molar-refractivity contribution < 1.29 is 14.1 Å². The van der Waals surface area contributed by atoms with Gasteiger partial charge in [0.1, 0.15) is 17.0 Å². The first-order valence-corrected chi connectivity index (χ1v) is 8.33. The van der Waals surface area contributed by atoms with E-state index in [-0.39, 0.29) is 29.1 Å². The van der Waals surface area contributed by atoms with Crippen molar-refractivity contribution in [3.63, 3.8) is 0 Å². The zero-order valence-electron chi connectivity index (χ0n) is 14.9. The van der Waals surface area contributed by atoms with Crippen molar-refractivity contribution in [3.05, 3.63) is 75.7 Å². The van der Waals surface area contributed by atoms with E-state index in [9.17, 15) is 19.3 Å². The van der Waals surface area contributed by atoms with E-state index in [2.05, 4.69) is 10.3 Å². The molecule has 0 saturated heterocycles. The molecule has 0 spiro atoms. The summed E-state index contributed by atoms with van der Waals surface area (Å²) in [5.74, 6) is -0.686. The standard InChI is InChI=1S/C19H19FN4O3/c1-23(2)17(12-6-8-14(20)9-7-12)11-21-19(25)15-10-13-4-3-5-16(24(26)27)18(13)22-15/h3-10,17,22H,11H2,1-2H3,(H,21,25). The van der Waals surface area contributed by atoms with Crippen molar-refractivity contribution in [1.29, 1.82) is 0 Å². The number of H-pyrrole nitrogens is 1. The van der Waals surface area contributed by atoms with Crippen LogP contribution < -0.4 is 5.32 Å². The van der Waals surface area contributed by atoms with E-state index in [0.717, 1.165) is 5.56 Å². The average molecular weight is 370 g/mol. The summed E-state index contributed by atoms with van der Waals surface area (Å²) in [6.07, 6.45) is 0. The molecule has 0 saturated carbocycles. The number of nitrogens with zero attached hydrogens (tertiary/aromatic N) is 2. The maximum absolute atomic E-state index is 13.1. The summed E-state index contributed by atoms with van der Waals surface area (Å²) in [5, 5.41) is 14.5. The fraction of sp³-hybridized carbons (Fsp3) is 0.211. The van der Waals surface area contributed by atoms with Crippen LogP contribution in [0.15, 0.2) is 48.5 Å². The number of nitrogens with one attached hydrogen (secondary N) is 2. The molecular formula is C19H19FN4O3. The maximum Gasteiger partial charge on any atom is 0.293 e. The van der Waals surface area contributed by atoms with Crippen LogP contribution in [0.4, 0.5) is 10.1 Å². The highest BCUT2D eigenvalue weighted by Gasteiger charge is 2.19. The Balaban J connectivity index is 1.78. The summed E-state index contributed by atoms with van der Waals surface area (Å²) < 4.78 is 13.1. The number of non-ortho nitro benzene ring substituents is 1. The molecular weight excluding hydrogens is 351 g/mol. The molecule has 0 bridgehead atoms. The molecule has 0 aliphatic heterocycles. The van der Waals surface area contributed by atoms with Crippen LogP contribution in [0.3, 0.4) is 0 Å². The minimum Gasteiger partial charge on any atom is -0.349 e. The lowest BCUT2D eigenvalue weighted by Crippen LogP contribution is -2.34. The van der Waals surface area contributed by atoms with Crippen molar-refractivity contribution in [2.75, 3.05) is 20.6 Å². The number of para-hydroxylation sites is 1. The van der Waals surface area contributed by atoms with Gasteiger partial charge in [0.25, 0.3) is 11.6 Å². The van der Waals surface area contributed by atoms with Crippen molar-refractivity contribution in [1.82, 2.24) is 15.2 Å². The lowest BCUT2D eigenvalue weighted by Gasteiger charge is -2.25. The first-order valence-electron chi connectivity index (χ1n) is 8.33. The van der Waals surface area contributed by atoms with E-state index in [1.54, 1.807) is 30.3 Å². The Labute approximate surface area is 154 Å². The van der Waals surface area contributed by atoms with Crippen molar-refractivity contribution in [3.8, 4) is 0 Å². The third-order valence-electron chi connectivity index (χ3n) is 4.41. The second-order valence-corrected chi connectivity index (χ2v) is 6.42. The van der Waals surface area contributed by atoms with Gasteiger partial charge >= 0.3 is 0 Å². The molecule has 0 aliphatic carbocycles. The predicted octanol–water partition coefficient (Wildman–Crippen LogP) is 3.25. The SMILES string of the molecule is CN(C)C(CNC(=O)c1cc2cccc([N+](=O)[O-])c2[nH]1)c1ccc(F)cc1. The Kier molecular flexibility index (Phi) is 5.18. The molecule has 140 valence electrons. The lowest BCUT2D eigenvalue weighted by atomic mass is 10.1. The van der Waals surface area contributed by atoms with Crippen molar-refractivity contribution in [2.24, 2.45) is 0 Å². The first-order chi connectivity index (χ1) is 12.9. The van der Waals surface area contributed by atoms with Crippen molar-refractivity contribution in [2.45, 2.75) is 6.04 Å². The largest absolute Gasteiger partial charge is 0.349 e. The van der Waals surface area contributed by atoms with Crippen LogP contribution in [0.25, 0.3) is 10.9 Å². The highest BCUT2D eigenvalue weighted by molar-refractivity contribution is 6.00. The van der Waals surface area contributed by atoms with Gasteiger partial charge in [0.2, 0.25) is 0 Å². The van der Waals surface area contributed by atoms with Gasteiger partial charge < -0.3 is 15.2 Å². The molecule has 27 heavy (non-hydrogen) atoms. The zero-order valence-corrected chi connectivity index (χ0v) is 14.9.